The van der Waals surface area contributed by atoms with Crippen molar-refractivity contribution in [2.75, 3.05) is 4.90 Å². The van der Waals surface area contributed by atoms with Gasteiger partial charge in [0.25, 0.3) is 0 Å². The van der Waals surface area contributed by atoms with Gasteiger partial charge in [-0.05, 0) is 79.1 Å². The van der Waals surface area contributed by atoms with Crippen molar-refractivity contribution in [2.45, 2.75) is 36.1 Å². The zero-order chi connectivity index (χ0) is 29.6. The number of thiazole rings is 1. The van der Waals surface area contributed by atoms with Gasteiger partial charge in [0.15, 0.2) is 0 Å². The quantitative estimate of drug-likeness (QED) is 0.230. The standard InChI is InChI=1S/C33H26Cl2N2O4S2/c1-15-5-8-19(9-6-15)37-31(38)26-21-13-22(27(26)32(37)39)28-25(21)24(29-30(42-28)36-33(40)43-29)20-12-18(35)7-10-23(20)41-14-16-3-2-4-17(34)11-16/h2-12,21-22,24-28H,13-14H2,1H3,(H,36,40)/t21-,22-,24+,25+,26+,27+,28-/m1/s1. The molecule has 2 aliphatic heterocycles. The van der Waals surface area contributed by atoms with Gasteiger partial charge in [-0.3, -0.25) is 19.3 Å². The zero-order valence-electron chi connectivity index (χ0n) is 23.0. The van der Waals surface area contributed by atoms with Gasteiger partial charge in [-0.15, -0.1) is 11.8 Å². The molecule has 0 unspecified atom stereocenters. The summed E-state index contributed by atoms with van der Waals surface area (Å²) in [4.78, 5) is 45.9. The number of benzene rings is 3. The van der Waals surface area contributed by atoms with Crippen molar-refractivity contribution >= 4 is 63.8 Å². The number of H-pyrrole nitrogens is 1. The van der Waals surface area contributed by atoms with Gasteiger partial charge in [-0.2, -0.15) is 0 Å². The molecular weight excluding hydrogens is 623 g/mol. The molecule has 2 bridgehead atoms. The van der Waals surface area contributed by atoms with Gasteiger partial charge < -0.3 is 9.72 Å². The third-order valence-electron chi connectivity index (χ3n) is 9.61. The van der Waals surface area contributed by atoms with Gasteiger partial charge in [0.2, 0.25) is 11.8 Å². The predicted octanol–water partition coefficient (Wildman–Crippen LogP) is 7.31. The molecule has 43 heavy (non-hydrogen) atoms. The third kappa shape index (κ3) is 4.32. The van der Waals surface area contributed by atoms with Crippen LogP contribution < -0.4 is 14.5 Å². The number of carbonyl (C=O) groups excluding carboxylic acids is 2. The van der Waals surface area contributed by atoms with Crippen LogP contribution in [-0.4, -0.2) is 22.0 Å². The molecule has 3 aromatic carbocycles. The molecule has 4 aliphatic rings. The van der Waals surface area contributed by atoms with Gasteiger partial charge in [0, 0.05) is 31.7 Å². The average molecular weight is 650 g/mol. The Kier molecular flexibility index (Phi) is 6.56. The lowest BCUT2D eigenvalue weighted by Crippen LogP contribution is -2.42. The topological polar surface area (TPSA) is 79.5 Å². The number of fused-ring (bicyclic) bond motifs is 9. The number of hydrogen-bond acceptors (Lipinski definition) is 6. The first-order valence-corrected chi connectivity index (χ1v) is 16.7. The molecule has 7 atom stereocenters. The molecule has 2 amide bonds. The van der Waals surface area contributed by atoms with E-state index in [0.717, 1.165) is 33.0 Å². The largest absolute Gasteiger partial charge is 0.489 e. The number of rotatable bonds is 5. The Morgan fingerprint density at radius 1 is 0.930 bits per heavy atom. The van der Waals surface area contributed by atoms with E-state index in [1.165, 1.54) is 16.2 Å². The molecule has 1 aromatic heterocycles. The maximum absolute atomic E-state index is 14.0. The van der Waals surface area contributed by atoms with Crippen LogP contribution in [0, 0.1) is 36.5 Å². The smallest absolute Gasteiger partial charge is 0.305 e. The Morgan fingerprint density at radius 3 is 2.44 bits per heavy atom. The summed E-state index contributed by atoms with van der Waals surface area (Å²) in [5.41, 5.74) is 3.55. The van der Waals surface area contributed by atoms with Crippen LogP contribution in [0.15, 0.2) is 76.6 Å². The van der Waals surface area contributed by atoms with Crippen LogP contribution >= 0.6 is 46.3 Å². The summed E-state index contributed by atoms with van der Waals surface area (Å²) < 4.78 is 6.41. The summed E-state index contributed by atoms with van der Waals surface area (Å²) >= 11 is 15.7. The number of aryl methyl sites for hydroxylation is 1. The van der Waals surface area contributed by atoms with E-state index < -0.39 is 0 Å². The van der Waals surface area contributed by atoms with Crippen molar-refractivity contribution < 1.29 is 14.3 Å². The van der Waals surface area contributed by atoms with E-state index in [0.29, 0.717) is 28.1 Å². The van der Waals surface area contributed by atoms with Crippen LogP contribution in [0.3, 0.4) is 0 Å². The van der Waals surface area contributed by atoms with Crippen LogP contribution in [0.25, 0.3) is 0 Å². The minimum Gasteiger partial charge on any atom is -0.489 e. The number of imide groups is 1. The molecule has 6 nitrogen and oxygen atoms in total. The normalized spacial score (nSPS) is 28.6. The molecule has 3 fully saturated rings. The summed E-state index contributed by atoms with van der Waals surface area (Å²) in [6.45, 7) is 2.30. The number of anilines is 1. The summed E-state index contributed by atoms with van der Waals surface area (Å²) in [5, 5.41) is 2.13. The highest BCUT2D eigenvalue weighted by molar-refractivity contribution is 8.00. The van der Waals surface area contributed by atoms with Crippen LogP contribution in [0.4, 0.5) is 5.69 Å². The minimum absolute atomic E-state index is 0.00508. The fourth-order valence-electron chi connectivity index (χ4n) is 7.99. The zero-order valence-corrected chi connectivity index (χ0v) is 26.1. The molecule has 4 aromatic rings. The molecule has 218 valence electrons. The van der Waals surface area contributed by atoms with E-state index in [2.05, 4.69) is 4.98 Å². The van der Waals surface area contributed by atoms with E-state index in [1.54, 1.807) is 11.8 Å². The first-order chi connectivity index (χ1) is 20.8. The van der Waals surface area contributed by atoms with Crippen molar-refractivity contribution in [3.8, 4) is 5.75 Å². The van der Waals surface area contributed by atoms with E-state index in [9.17, 15) is 14.4 Å². The van der Waals surface area contributed by atoms with Gasteiger partial charge in [0.05, 0.1) is 22.5 Å². The van der Waals surface area contributed by atoms with E-state index in [-0.39, 0.29) is 57.4 Å². The molecule has 8 rings (SSSR count). The second-order valence-electron chi connectivity index (χ2n) is 11.9. The van der Waals surface area contributed by atoms with Crippen molar-refractivity contribution in [1.29, 1.82) is 0 Å². The second kappa shape index (κ2) is 10.3. The van der Waals surface area contributed by atoms with Crippen LogP contribution in [0.1, 0.15) is 33.9 Å². The third-order valence-corrected chi connectivity index (χ3v) is 12.7. The fourth-order valence-corrected chi connectivity index (χ4v) is 11.3. The predicted molar refractivity (Wildman–Crippen MR) is 169 cm³/mol. The fraction of sp³-hybridized carbons (Fsp3) is 0.303. The Balaban J connectivity index is 1.20. The minimum atomic E-state index is -0.379. The Bertz CT molecular complexity index is 1850. The SMILES string of the molecule is Cc1ccc(N2C(=O)[C@H]3[C@H]4C[C@@H]([C@@H]3C2=O)[C@H]2[C@H](c3cc(Cl)ccc3OCc3cccc(Cl)c3)c3sc(=O)[nH]c3S[C@H]42)cc1. The van der Waals surface area contributed by atoms with Crippen LogP contribution in [0.2, 0.25) is 10.0 Å². The highest BCUT2D eigenvalue weighted by atomic mass is 35.5. The average Bonchev–Trinajstić information content (AvgIpc) is 3.72. The molecule has 1 N–H and O–H groups in total. The number of aromatic amines is 1. The molecule has 0 spiro atoms. The molecular formula is C33H26Cl2N2O4S2. The molecule has 1 saturated heterocycles. The lowest BCUT2D eigenvalue weighted by Gasteiger charge is -2.43. The summed E-state index contributed by atoms with van der Waals surface area (Å²) in [7, 11) is 0. The number of nitrogens with zero attached hydrogens (tertiary/aromatic N) is 1. The maximum atomic E-state index is 14.0. The van der Waals surface area contributed by atoms with Crippen LogP contribution in [-0.2, 0) is 16.2 Å². The number of nitrogens with one attached hydrogen (secondary N) is 1. The number of aromatic nitrogens is 1. The second-order valence-corrected chi connectivity index (χ2v) is 15.0. The van der Waals surface area contributed by atoms with E-state index in [4.69, 9.17) is 27.9 Å². The molecule has 2 saturated carbocycles. The summed E-state index contributed by atoms with van der Waals surface area (Å²) in [6, 6.07) is 20.8. The summed E-state index contributed by atoms with van der Waals surface area (Å²) in [6.07, 6.45) is 0.811. The van der Waals surface area contributed by atoms with Gasteiger partial charge in [-0.25, -0.2) is 0 Å². The van der Waals surface area contributed by atoms with E-state index >= 15 is 0 Å². The maximum Gasteiger partial charge on any atom is 0.305 e. The molecule has 3 heterocycles. The number of amides is 2. The van der Waals surface area contributed by atoms with Gasteiger partial charge in [0.1, 0.15) is 12.4 Å². The highest BCUT2D eigenvalue weighted by Gasteiger charge is 2.69. The number of thioether (sulfide) groups is 1. The van der Waals surface area contributed by atoms with Gasteiger partial charge >= 0.3 is 4.87 Å². The molecule has 0 radical (unpaired) electrons. The Labute approximate surface area is 266 Å². The lowest BCUT2D eigenvalue weighted by molar-refractivity contribution is -0.123. The number of ether oxygens (including phenoxy) is 1. The van der Waals surface area contributed by atoms with Gasteiger partial charge in [-0.1, -0.05) is 64.4 Å². The van der Waals surface area contributed by atoms with E-state index in [1.807, 2.05) is 73.7 Å². The number of hydrogen-bond donors (Lipinski definition) is 1. The highest BCUT2D eigenvalue weighted by Crippen LogP contribution is 2.69. The van der Waals surface area contributed by atoms with Crippen molar-refractivity contribution in [3.05, 3.63) is 108 Å². The Hall–Kier alpha value is -3.04. The summed E-state index contributed by atoms with van der Waals surface area (Å²) in [5.74, 6) is -0.387. The molecule has 2 aliphatic carbocycles. The number of halogens is 2. The molecule has 10 heteroatoms. The first-order valence-electron chi connectivity index (χ1n) is 14.3. The van der Waals surface area contributed by atoms with Crippen LogP contribution in [0.5, 0.6) is 5.75 Å². The first kappa shape index (κ1) is 27.5. The van der Waals surface area contributed by atoms with Crippen molar-refractivity contribution in [1.82, 2.24) is 4.98 Å². The van der Waals surface area contributed by atoms with Crippen molar-refractivity contribution in [2.24, 2.45) is 29.6 Å². The monoisotopic (exact) mass is 648 g/mol. The Morgan fingerprint density at radius 2 is 1.67 bits per heavy atom. The number of carbonyl (C=O) groups is 2. The van der Waals surface area contributed by atoms with Crippen molar-refractivity contribution in [3.63, 3.8) is 0 Å². The lowest BCUT2D eigenvalue weighted by atomic mass is 9.68.